The van der Waals surface area contributed by atoms with E-state index < -0.39 is 0 Å². The van der Waals surface area contributed by atoms with Gasteiger partial charge in [0.1, 0.15) is 17.5 Å². The van der Waals surface area contributed by atoms with Gasteiger partial charge in [-0.15, -0.1) is 0 Å². The number of aromatic nitrogens is 2. The first kappa shape index (κ1) is 14.1. The number of rotatable bonds is 5. The summed E-state index contributed by atoms with van der Waals surface area (Å²) in [4.78, 5) is 11.5. The van der Waals surface area contributed by atoms with Crippen LogP contribution in [0.4, 0.5) is 11.6 Å². The van der Waals surface area contributed by atoms with Crippen LogP contribution in [-0.4, -0.2) is 47.6 Å². The molecule has 0 amide bonds. The maximum atomic E-state index is 4.64. The molecular weight excluding hydrogens is 238 g/mol. The summed E-state index contributed by atoms with van der Waals surface area (Å²) in [6.07, 6.45) is 2.04. The van der Waals surface area contributed by atoms with Crippen molar-refractivity contribution < 1.29 is 0 Å². The Kier molecular flexibility index (Phi) is 4.58. The van der Waals surface area contributed by atoms with Gasteiger partial charge in [0.15, 0.2) is 0 Å². The van der Waals surface area contributed by atoms with Crippen LogP contribution in [0, 0.1) is 6.92 Å². The molecule has 2 N–H and O–H groups in total. The summed E-state index contributed by atoms with van der Waals surface area (Å²) in [5.41, 5.74) is 1.12. The lowest BCUT2D eigenvalue weighted by Crippen LogP contribution is -2.25. The number of nitrogens with zero attached hydrogens (tertiary/aromatic N) is 3. The largest absolute Gasteiger partial charge is 0.370 e. The summed E-state index contributed by atoms with van der Waals surface area (Å²) in [7, 11) is 2.16. The Bertz CT molecular complexity index is 432. The predicted octanol–water partition coefficient (Wildman–Crippen LogP) is 1.90. The minimum atomic E-state index is 0.498. The summed E-state index contributed by atoms with van der Waals surface area (Å²) in [5, 5.41) is 6.90. The van der Waals surface area contributed by atoms with Crippen LogP contribution in [0.15, 0.2) is 0 Å². The lowest BCUT2D eigenvalue weighted by atomic mass is 10.2. The Morgan fingerprint density at radius 3 is 2.58 bits per heavy atom. The van der Waals surface area contributed by atoms with Crippen LogP contribution in [0.25, 0.3) is 0 Å². The normalized spacial score (nSPS) is 19.7. The molecule has 0 radical (unpaired) electrons. The van der Waals surface area contributed by atoms with E-state index in [0.717, 1.165) is 49.1 Å². The molecule has 1 saturated heterocycles. The topological polar surface area (TPSA) is 53.1 Å². The van der Waals surface area contributed by atoms with Gasteiger partial charge in [-0.25, -0.2) is 9.97 Å². The Hall–Kier alpha value is -1.36. The fraction of sp³-hybridized carbons (Fsp3) is 0.714. The summed E-state index contributed by atoms with van der Waals surface area (Å²) >= 11 is 0. The highest BCUT2D eigenvalue weighted by molar-refractivity contribution is 5.57. The van der Waals surface area contributed by atoms with Gasteiger partial charge in [-0.3, -0.25) is 0 Å². The Morgan fingerprint density at radius 2 is 2.00 bits per heavy atom. The van der Waals surface area contributed by atoms with Gasteiger partial charge >= 0.3 is 0 Å². The molecule has 19 heavy (non-hydrogen) atoms. The zero-order chi connectivity index (χ0) is 13.8. The van der Waals surface area contributed by atoms with Crippen molar-refractivity contribution >= 4 is 11.6 Å². The third-order valence-electron chi connectivity index (χ3n) is 3.58. The fourth-order valence-electron chi connectivity index (χ4n) is 2.45. The van der Waals surface area contributed by atoms with E-state index in [2.05, 4.69) is 53.3 Å². The molecule has 1 aliphatic rings. The molecule has 1 aliphatic heterocycles. The number of anilines is 2. The second kappa shape index (κ2) is 6.19. The molecule has 2 rings (SSSR count). The standard InChI is InChI=1S/C14H25N5/c1-5-12-17-13(15-6-2)10(3)14(18-12)16-11-7-8-19(4)9-11/h11H,5-9H2,1-4H3,(H2,15,16,17,18). The minimum Gasteiger partial charge on any atom is -0.370 e. The molecule has 1 atom stereocenters. The molecule has 0 aliphatic carbocycles. The first-order valence-electron chi connectivity index (χ1n) is 7.20. The van der Waals surface area contributed by atoms with Crippen LogP contribution in [0.3, 0.4) is 0 Å². The second-order valence-corrected chi connectivity index (χ2v) is 5.24. The van der Waals surface area contributed by atoms with E-state index in [-0.39, 0.29) is 0 Å². The number of likely N-dealkylation sites (tertiary alicyclic amines) is 1. The molecule has 0 aromatic carbocycles. The highest BCUT2D eigenvalue weighted by Gasteiger charge is 2.21. The van der Waals surface area contributed by atoms with Crippen LogP contribution >= 0.6 is 0 Å². The average Bonchev–Trinajstić information content (AvgIpc) is 2.80. The molecule has 2 heterocycles. The maximum absolute atomic E-state index is 4.64. The number of aryl methyl sites for hydroxylation is 1. The van der Waals surface area contributed by atoms with Gasteiger partial charge < -0.3 is 15.5 Å². The number of nitrogens with one attached hydrogen (secondary N) is 2. The van der Waals surface area contributed by atoms with Gasteiger partial charge in [-0.2, -0.15) is 0 Å². The van der Waals surface area contributed by atoms with Crippen LogP contribution in [0.5, 0.6) is 0 Å². The van der Waals surface area contributed by atoms with Crippen LogP contribution in [-0.2, 0) is 6.42 Å². The molecule has 1 unspecified atom stereocenters. The summed E-state index contributed by atoms with van der Waals surface area (Å²) < 4.78 is 0. The van der Waals surface area contributed by atoms with E-state index in [1.165, 1.54) is 6.42 Å². The molecule has 1 aromatic heterocycles. The number of likely N-dealkylation sites (N-methyl/N-ethyl adjacent to an activating group) is 1. The molecule has 5 nitrogen and oxygen atoms in total. The molecular formula is C14H25N5. The maximum Gasteiger partial charge on any atom is 0.135 e. The molecule has 0 spiro atoms. The first-order valence-corrected chi connectivity index (χ1v) is 7.20. The molecule has 0 saturated carbocycles. The van der Waals surface area contributed by atoms with Crippen molar-refractivity contribution in [1.82, 2.24) is 14.9 Å². The lowest BCUT2D eigenvalue weighted by Gasteiger charge is -2.18. The highest BCUT2D eigenvalue weighted by Crippen LogP contribution is 2.22. The van der Waals surface area contributed by atoms with E-state index in [1.807, 2.05) is 0 Å². The number of hydrogen-bond donors (Lipinski definition) is 2. The summed E-state index contributed by atoms with van der Waals surface area (Å²) in [5.74, 6) is 2.85. The van der Waals surface area contributed by atoms with E-state index >= 15 is 0 Å². The van der Waals surface area contributed by atoms with Crippen molar-refractivity contribution in [1.29, 1.82) is 0 Å². The van der Waals surface area contributed by atoms with Gasteiger partial charge in [-0.05, 0) is 33.9 Å². The van der Waals surface area contributed by atoms with Gasteiger partial charge in [-0.1, -0.05) is 6.92 Å². The third-order valence-corrected chi connectivity index (χ3v) is 3.58. The SMILES string of the molecule is CCNc1nc(CC)nc(NC2CCN(C)C2)c1C. The Labute approximate surface area is 115 Å². The summed E-state index contributed by atoms with van der Waals surface area (Å²) in [6.45, 7) is 9.38. The number of hydrogen-bond acceptors (Lipinski definition) is 5. The predicted molar refractivity (Wildman–Crippen MR) is 79.8 cm³/mol. The fourth-order valence-corrected chi connectivity index (χ4v) is 2.45. The zero-order valence-corrected chi connectivity index (χ0v) is 12.5. The molecule has 106 valence electrons. The van der Waals surface area contributed by atoms with Crippen LogP contribution in [0.1, 0.15) is 31.7 Å². The Morgan fingerprint density at radius 1 is 1.26 bits per heavy atom. The zero-order valence-electron chi connectivity index (χ0n) is 12.5. The minimum absolute atomic E-state index is 0.498. The van der Waals surface area contributed by atoms with Crippen molar-refractivity contribution in [3.05, 3.63) is 11.4 Å². The molecule has 1 aromatic rings. The van der Waals surface area contributed by atoms with Crippen molar-refractivity contribution in [2.75, 3.05) is 37.3 Å². The molecule has 0 bridgehead atoms. The van der Waals surface area contributed by atoms with Crippen molar-refractivity contribution in [3.8, 4) is 0 Å². The van der Waals surface area contributed by atoms with E-state index in [0.29, 0.717) is 6.04 Å². The van der Waals surface area contributed by atoms with Gasteiger partial charge in [0.2, 0.25) is 0 Å². The van der Waals surface area contributed by atoms with E-state index in [4.69, 9.17) is 0 Å². The monoisotopic (exact) mass is 263 g/mol. The van der Waals surface area contributed by atoms with E-state index in [1.54, 1.807) is 0 Å². The molecule has 1 fully saturated rings. The van der Waals surface area contributed by atoms with Crippen molar-refractivity contribution in [3.63, 3.8) is 0 Å². The lowest BCUT2D eigenvalue weighted by molar-refractivity contribution is 0.414. The van der Waals surface area contributed by atoms with Crippen molar-refractivity contribution in [2.24, 2.45) is 0 Å². The van der Waals surface area contributed by atoms with E-state index in [9.17, 15) is 0 Å². The quantitative estimate of drug-likeness (QED) is 0.849. The Balaban J connectivity index is 2.20. The second-order valence-electron chi connectivity index (χ2n) is 5.24. The van der Waals surface area contributed by atoms with Crippen LogP contribution in [0.2, 0.25) is 0 Å². The third kappa shape index (κ3) is 3.35. The van der Waals surface area contributed by atoms with Gasteiger partial charge in [0.25, 0.3) is 0 Å². The smallest absolute Gasteiger partial charge is 0.135 e. The van der Waals surface area contributed by atoms with Crippen LogP contribution < -0.4 is 10.6 Å². The summed E-state index contributed by atoms with van der Waals surface area (Å²) in [6, 6.07) is 0.498. The average molecular weight is 263 g/mol. The van der Waals surface area contributed by atoms with Gasteiger partial charge in [0, 0.05) is 31.1 Å². The highest BCUT2D eigenvalue weighted by atomic mass is 15.2. The van der Waals surface area contributed by atoms with Crippen molar-refractivity contribution in [2.45, 2.75) is 39.7 Å². The van der Waals surface area contributed by atoms with Gasteiger partial charge in [0.05, 0.1) is 0 Å². The molecule has 5 heteroatoms. The first-order chi connectivity index (χ1) is 9.13.